The van der Waals surface area contributed by atoms with E-state index in [-0.39, 0.29) is 5.56 Å². The van der Waals surface area contributed by atoms with Gasteiger partial charge in [-0.15, -0.1) is 0 Å². The van der Waals surface area contributed by atoms with Gasteiger partial charge in [0.15, 0.2) is 13.3 Å². The van der Waals surface area contributed by atoms with Gasteiger partial charge in [0.25, 0.3) is 0 Å². The van der Waals surface area contributed by atoms with Gasteiger partial charge in [0.2, 0.25) is 17.4 Å². The highest BCUT2D eigenvalue weighted by molar-refractivity contribution is 7.90. The molecule has 28 heavy (non-hydrogen) atoms. The van der Waals surface area contributed by atoms with Crippen LogP contribution in [0.5, 0.6) is 0 Å². The first-order valence-corrected chi connectivity index (χ1v) is 9.89. The zero-order valence-corrected chi connectivity index (χ0v) is 16.4. The number of carbonyl (C=O) groups excluding carboxylic acids is 1. The average Bonchev–Trinajstić information content (AvgIpc) is 2.86. The number of ketones is 1. The number of ether oxygens (including phenoxy) is 1. The van der Waals surface area contributed by atoms with Crippen LogP contribution in [0.1, 0.15) is 11.1 Å². The Morgan fingerprint density at radius 3 is 2.36 bits per heavy atom. The highest BCUT2D eigenvalue weighted by Crippen LogP contribution is 2.38. The minimum Gasteiger partial charge on any atom is -0.467 e. The van der Waals surface area contributed by atoms with Crippen molar-refractivity contribution >= 4 is 39.4 Å². The van der Waals surface area contributed by atoms with E-state index in [1.54, 1.807) is 30.3 Å². The molecular weight excluding hydrogens is 382 g/mol. The molecule has 0 spiro atoms. The molecule has 0 bridgehead atoms. The molecule has 11 heteroatoms. The Labute approximate surface area is 165 Å². The lowest BCUT2D eigenvalue weighted by molar-refractivity contribution is -0.126. The summed E-state index contributed by atoms with van der Waals surface area (Å²) < 4.78 is 48.6. The summed E-state index contributed by atoms with van der Waals surface area (Å²) in [5, 5.41) is 0. The topological polar surface area (TPSA) is 95.7 Å². The second kappa shape index (κ2) is 6.74. The largest absolute Gasteiger partial charge is 0.467 e. The lowest BCUT2D eigenvalue weighted by atomic mass is 9.65. The quantitative estimate of drug-likeness (QED) is 0.500. The summed E-state index contributed by atoms with van der Waals surface area (Å²) in [5.74, 6) is -2.45. The van der Waals surface area contributed by atoms with Crippen molar-refractivity contribution in [1.29, 1.82) is 0 Å². The van der Waals surface area contributed by atoms with Crippen molar-refractivity contribution in [2.75, 3.05) is 0 Å². The summed E-state index contributed by atoms with van der Waals surface area (Å²) in [6.07, 6.45) is 0. The monoisotopic (exact) mass is 399 g/mol. The fourth-order valence-electron chi connectivity index (χ4n) is 2.89. The van der Waals surface area contributed by atoms with E-state index >= 15 is 0 Å². The predicted octanol–water partition coefficient (Wildman–Crippen LogP) is -1.24. The van der Waals surface area contributed by atoms with Crippen molar-refractivity contribution < 1.29 is 26.5 Å². The molecule has 2 aromatic rings. The molecular formula is C17H17B3FNO5S. The maximum Gasteiger partial charge on any atom is 0.304 e. The summed E-state index contributed by atoms with van der Waals surface area (Å²) >= 11 is 0. The fraction of sp³-hybridized carbons (Fsp3) is 0.118. The number of halogens is 1. The molecule has 0 amide bonds. The molecule has 142 valence electrons. The first kappa shape index (κ1) is 20.1. The maximum absolute atomic E-state index is 13.6. The van der Waals surface area contributed by atoms with E-state index in [4.69, 9.17) is 14.7 Å². The van der Waals surface area contributed by atoms with E-state index < -0.39 is 43.4 Å². The SMILES string of the molecule is BC(B)(c1ccccc1)S(=O)(=O)OC1=C(N)O[C@](B)(c2cccc(F)c2)C1=O. The number of hydrogen-bond donors (Lipinski definition) is 1. The molecule has 2 N–H and O–H groups in total. The fourth-order valence-corrected chi connectivity index (χ4v) is 3.90. The average molecular weight is 399 g/mol. The van der Waals surface area contributed by atoms with Crippen molar-refractivity contribution in [3.05, 3.63) is 83.2 Å². The molecule has 3 rings (SSSR count). The summed E-state index contributed by atoms with van der Waals surface area (Å²) in [7, 11) is -0.0206. The number of rotatable bonds is 5. The highest BCUT2D eigenvalue weighted by Gasteiger charge is 2.50. The Kier molecular flexibility index (Phi) is 4.83. The van der Waals surface area contributed by atoms with E-state index in [1.807, 2.05) is 0 Å². The Balaban J connectivity index is 1.94. The van der Waals surface area contributed by atoms with Crippen molar-refractivity contribution in [1.82, 2.24) is 0 Å². The molecule has 0 unspecified atom stereocenters. The number of benzene rings is 2. The van der Waals surface area contributed by atoms with Crippen molar-refractivity contribution in [2.45, 2.75) is 10.0 Å². The molecule has 0 fully saturated rings. The number of hydrogen-bond acceptors (Lipinski definition) is 6. The van der Waals surface area contributed by atoms with Gasteiger partial charge in [0, 0.05) is 0 Å². The van der Waals surface area contributed by atoms with Gasteiger partial charge in [-0.1, -0.05) is 42.5 Å². The van der Waals surface area contributed by atoms with Crippen LogP contribution in [0, 0.1) is 5.82 Å². The van der Waals surface area contributed by atoms with E-state index in [0.29, 0.717) is 5.56 Å². The Bertz CT molecular complexity index is 1080. The Morgan fingerprint density at radius 1 is 1.11 bits per heavy atom. The summed E-state index contributed by atoms with van der Waals surface area (Å²) in [5.41, 5.74) is 4.75. The van der Waals surface area contributed by atoms with E-state index in [9.17, 15) is 17.6 Å². The normalized spacial score (nSPS) is 20.1. The van der Waals surface area contributed by atoms with Crippen LogP contribution in [0.15, 0.2) is 66.2 Å². The minimum atomic E-state index is -4.32. The molecule has 0 aromatic heterocycles. The zero-order valence-electron chi connectivity index (χ0n) is 15.6. The van der Waals surface area contributed by atoms with Crippen molar-refractivity contribution in [2.24, 2.45) is 5.73 Å². The number of Topliss-reactive ketones (excluding diaryl/α,β-unsaturated/α-hetero) is 1. The molecule has 1 atom stereocenters. The Morgan fingerprint density at radius 2 is 1.75 bits per heavy atom. The smallest absolute Gasteiger partial charge is 0.304 e. The van der Waals surface area contributed by atoms with Crippen LogP contribution in [0.4, 0.5) is 4.39 Å². The van der Waals surface area contributed by atoms with Gasteiger partial charge < -0.3 is 14.7 Å². The van der Waals surface area contributed by atoms with Gasteiger partial charge in [-0.05, 0) is 23.3 Å². The van der Waals surface area contributed by atoms with Crippen LogP contribution in [-0.4, -0.2) is 37.7 Å². The molecule has 1 aliphatic heterocycles. The minimum absolute atomic E-state index is 0.193. The second-order valence-electron chi connectivity index (χ2n) is 7.08. The third kappa shape index (κ3) is 3.19. The Hall–Kier alpha value is -2.68. The van der Waals surface area contributed by atoms with E-state index in [1.165, 1.54) is 41.7 Å². The van der Waals surface area contributed by atoms with Crippen molar-refractivity contribution in [3.63, 3.8) is 0 Å². The van der Waals surface area contributed by atoms with Gasteiger partial charge >= 0.3 is 10.1 Å². The van der Waals surface area contributed by atoms with Crippen LogP contribution in [-0.2, 0) is 33.9 Å². The van der Waals surface area contributed by atoms with Crippen LogP contribution in [0.3, 0.4) is 0 Å². The third-order valence-corrected chi connectivity index (χ3v) is 6.71. The molecule has 2 aromatic carbocycles. The second-order valence-corrected chi connectivity index (χ2v) is 9.18. The molecule has 0 radical (unpaired) electrons. The van der Waals surface area contributed by atoms with Gasteiger partial charge in [-0.3, -0.25) is 4.79 Å². The van der Waals surface area contributed by atoms with Gasteiger partial charge in [-0.2, -0.15) is 8.42 Å². The summed E-state index contributed by atoms with van der Waals surface area (Å²) in [6.45, 7) is 0. The van der Waals surface area contributed by atoms with E-state index in [0.717, 1.165) is 6.07 Å². The summed E-state index contributed by atoms with van der Waals surface area (Å²) in [4.78, 5) is 12.9. The summed E-state index contributed by atoms with van der Waals surface area (Å²) in [6, 6.07) is 13.7. The van der Waals surface area contributed by atoms with Crippen LogP contribution in [0.25, 0.3) is 0 Å². The van der Waals surface area contributed by atoms with Crippen molar-refractivity contribution in [3.8, 4) is 0 Å². The molecule has 6 nitrogen and oxygen atoms in total. The lowest BCUT2D eigenvalue weighted by Gasteiger charge is -2.25. The predicted molar refractivity (Wildman–Crippen MR) is 109 cm³/mol. The van der Waals surface area contributed by atoms with Crippen LogP contribution in [0.2, 0.25) is 0 Å². The first-order valence-electron chi connectivity index (χ1n) is 8.48. The number of nitrogens with two attached hydrogens (primary N) is 1. The van der Waals surface area contributed by atoms with Gasteiger partial charge in [0.1, 0.15) is 21.5 Å². The first-order chi connectivity index (χ1) is 13.0. The highest BCUT2D eigenvalue weighted by atomic mass is 32.2. The van der Waals surface area contributed by atoms with Gasteiger partial charge in [-0.25, -0.2) is 4.39 Å². The van der Waals surface area contributed by atoms with Crippen LogP contribution < -0.4 is 5.73 Å². The molecule has 0 saturated carbocycles. The third-order valence-electron chi connectivity index (χ3n) is 4.84. The lowest BCUT2D eigenvalue weighted by Crippen LogP contribution is -2.40. The molecule has 0 saturated heterocycles. The molecule has 1 aliphatic rings. The molecule has 0 aliphatic carbocycles. The maximum atomic E-state index is 13.6. The zero-order chi connectivity index (χ0) is 20.7. The number of carbonyl (C=O) groups is 1. The van der Waals surface area contributed by atoms with Gasteiger partial charge in [0.05, 0.1) is 4.55 Å². The van der Waals surface area contributed by atoms with E-state index in [2.05, 4.69) is 0 Å². The van der Waals surface area contributed by atoms with Crippen LogP contribution >= 0.6 is 0 Å². The standard InChI is InChI=1S/C17H17B3FNO5S/c18-16(11-7-4-8-12(21)9-11)14(23)13(15(22)26-16)27-28(24,25)17(19,20)10-5-2-1-3-6-10/h1-9H,18-20,22H2/t16-/m1/s1. The molecule has 1 heterocycles.